The third-order valence-corrected chi connectivity index (χ3v) is 4.61. The number of aromatic nitrogens is 1. The lowest BCUT2D eigenvalue weighted by atomic mass is 9.79. The molecule has 1 aromatic heterocycles. The van der Waals surface area contributed by atoms with Gasteiger partial charge in [0.2, 0.25) is 0 Å². The molecule has 0 aliphatic carbocycles. The number of rotatable bonds is 7. The third-order valence-electron chi connectivity index (χ3n) is 3.79. The van der Waals surface area contributed by atoms with Gasteiger partial charge in [0, 0.05) is 31.6 Å². The minimum absolute atomic E-state index is 0. The molecule has 22 heavy (non-hydrogen) atoms. The molecule has 1 amide bonds. The van der Waals surface area contributed by atoms with E-state index >= 15 is 0 Å². The van der Waals surface area contributed by atoms with Crippen molar-refractivity contribution in [3.8, 4) is 0 Å². The molecule has 1 aromatic rings. The maximum absolute atomic E-state index is 12.2. The Bertz CT molecular complexity index is 458. The van der Waals surface area contributed by atoms with Crippen molar-refractivity contribution in [3.05, 3.63) is 16.1 Å². The summed E-state index contributed by atoms with van der Waals surface area (Å²) in [7, 11) is 3.33. The van der Waals surface area contributed by atoms with E-state index in [0.717, 1.165) is 30.9 Å². The molecule has 6 nitrogen and oxygen atoms in total. The van der Waals surface area contributed by atoms with Crippen LogP contribution in [0.3, 0.4) is 0 Å². The zero-order valence-corrected chi connectivity index (χ0v) is 14.6. The molecular formula is C14H24ClN3O3S. The maximum Gasteiger partial charge on any atom is 0.270 e. The van der Waals surface area contributed by atoms with E-state index < -0.39 is 0 Å². The predicted molar refractivity (Wildman–Crippen MR) is 88.8 cm³/mol. The predicted octanol–water partition coefficient (Wildman–Crippen LogP) is 1.46. The number of ether oxygens (including phenoxy) is 2. The van der Waals surface area contributed by atoms with Crippen molar-refractivity contribution in [2.24, 2.45) is 5.41 Å². The van der Waals surface area contributed by atoms with Crippen LogP contribution in [0.15, 0.2) is 5.38 Å². The number of carbonyl (C=O) groups is 1. The van der Waals surface area contributed by atoms with Crippen molar-refractivity contribution in [2.75, 3.05) is 40.5 Å². The minimum atomic E-state index is -0.123. The molecule has 2 N–H and O–H groups in total. The summed E-state index contributed by atoms with van der Waals surface area (Å²) in [6.07, 6.45) is 2.01. The molecule has 1 aliphatic heterocycles. The summed E-state index contributed by atoms with van der Waals surface area (Å²) in [6.45, 7) is 3.67. The number of nitrogens with zero attached hydrogens (tertiary/aromatic N) is 1. The Morgan fingerprint density at radius 2 is 2.14 bits per heavy atom. The zero-order chi connectivity index (χ0) is 15.1. The van der Waals surface area contributed by atoms with Gasteiger partial charge in [-0.1, -0.05) is 0 Å². The SMILES string of the molecule is COCc1nc(C(=O)NCC2(COC)CCNCC2)cs1.Cl. The summed E-state index contributed by atoms with van der Waals surface area (Å²) in [5, 5.41) is 8.94. The topological polar surface area (TPSA) is 72.5 Å². The normalized spacial score (nSPS) is 16.8. The van der Waals surface area contributed by atoms with Gasteiger partial charge in [-0.05, 0) is 25.9 Å². The average Bonchev–Trinajstić information content (AvgIpc) is 2.95. The summed E-state index contributed by atoms with van der Waals surface area (Å²) in [5.41, 5.74) is 0.495. The minimum Gasteiger partial charge on any atom is -0.384 e. The van der Waals surface area contributed by atoms with Gasteiger partial charge in [0.1, 0.15) is 10.7 Å². The van der Waals surface area contributed by atoms with Gasteiger partial charge < -0.3 is 20.1 Å². The van der Waals surface area contributed by atoms with E-state index in [1.54, 1.807) is 19.6 Å². The fourth-order valence-corrected chi connectivity index (χ4v) is 3.34. The average molecular weight is 350 g/mol. The maximum atomic E-state index is 12.2. The number of methoxy groups -OCH3 is 2. The number of hydrogen-bond donors (Lipinski definition) is 2. The number of nitrogens with one attached hydrogen (secondary N) is 2. The van der Waals surface area contributed by atoms with Crippen LogP contribution in [-0.4, -0.2) is 51.4 Å². The fraction of sp³-hybridized carbons (Fsp3) is 0.714. The van der Waals surface area contributed by atoms with E-state index in [2.05, 4.69) is 15.6 Å². The zero-order valence-electron chi connectivity index (χ0n) is 13.0. The van der Waals surface area contributed by atoms with Crippen LogP contribution in [0.4, 0.5) is 0 Å². The monoisotopic (exact) mass is 349 g/mol. The molecule has 2 rings (SSSR count). The van der Waals surface area contributed by atoms with E-state index in [0.29, 0.717) is 25.5 Å². The summed E-state index contributed by atoms with van der Waals surface area (Å²) in [6, 6.07) is 0. The summed E-state index contributed by atoms with van der Waals surface area (Å²) >= 11 is 1.44. The van der Waals surface area contributed by atoms with E-state index in [1.807, 2.05) is 0 Å². The highest BCUT2D eigenvalue weighted by Gasteiger charge is 2.32. The molecular weight excluding hydrogens is 326 g/mol. The van der Waals surface area contributed by atoms with E-state index in [1.165, 1.54) is 11.3 Å². The lowest BCUT2D eigenvalue weighted by Crippen LogP contribution is -2.47. The van der Waals surface area contributed by atoms with Gasteiger partial charge in [0.15, 0.2) is 0 Å². The van der Waals surface area contributed by atoms with Crippen molar-refractivity contribution in [2.45, 2.75) is 19.4 Å². The molecule has 0 saturated carbocycles. The Morgan fingerprint density at radius 3 is 2.77 bits per heavy atom. The van der Waals surface area contributed by atoms with Gasteiger partial charge in [-0.25, -0.2) is 4.98 Å². The molecule has 1 saturated heterocycles. The summed E-state index contributed by atoms with van der Waals surface area (Å²) in [5.74, 6) is -0.123. The van der Waals surface area contributed by atoms with Crippen LogP contribution in [-0.2, 0) is 16.1 Å². The Kier molecular flexibility index (Phi) is 8.27. The second-order valence-electron chi connectivity index (χ2n) is 5.43. The number of carbonyl (C=O) groups excluding carboxylic acids is 1. The number of amides is 1. The van der Waals surface area contributed by atoms with Crippen LogP contribution in [0.1, 0.15) is 28.3 Å². The standard InChI is InChI=1S/C14H23N3O3S.ClH/c1-19-7-12-17-11(8-21-12)13(18)16-9-14(10-20-2)3-5-15-6-4-14;/h8,15H,3-7,9-10H2,1-2H3,(H,16,18);1H. The molecule has 1 aliphatic rings. The number of thiazole rings is 1. The van der Waals surface area contributed by atoms with Crippen LogP contribution < -0.4 is 10.6 Å². The highest BCUT2D eigenvalue weighted by molar-refractivity contribution is 7.09. The lowest BCUT2D eigenvalue weighted by Gasteiger charge is -2.37. The Balaban J connectivity index is 0.00000242. The first kappa shape index (κ1) is 19.3. The Labute approximate surface area is 141 Å². The van der Waals surface area contributed by atoms with Gasteiger partial charge in [-0.2, -0.15) is 0 Å². The van der Waals surface area contributed by atoms with Crippen LogP contribution in [0.2, 0.25) is 0 Å². The third kappa shape index (κ3) is 5.17. The van der Waals surface area contributed by atoms with Gasteiger partial charge in [-0.15, -0.1) is 23.7 Å². The highest BCUT2D eigenvalue weighted by Crippen LogP contribution is 2.28. The van der Waals surface area contributed by atoms with Crippen molar-refractivity contribution in [1.29, 1.82) is 0 Å². The lowest BCUT2D eigenvalue weighted by molar-refractivity contribution is 0.0511. The van der Waals surface area contributed by atoms with Crippen LogP contribution in [0, 0.1) is 5.41 Å². The first-order valence-electron chi connectivity index (χ1n) is 7.10. The van der Waals surface area contributed by atoms with Crippen LogP contribution in [0.25, 0.3) is 0 Å². The van der Waals surface area contributed by atoms with Gasteiger partial charge >= 0.3 is 0 Å². The molecule has 0 spiro atoms. The van der Waals surface area contributed by atoms with Crippen LogP contribution >= 0.6 is 23.7 Å². The molecule has 0 atom stereocenters. The molecule has 0 unspecified atom stereocenters. The Morgan fingerprint density at radius 1 is 1.41 bits per heavy atom. The van der Waals surface area contributed by atoms with Crippen molar-refractivity contribution < 1.29 is 14.3 Å². The van der Waals surface area contributed by atoms with E-state index in [4.69, 9.17) is 9.47 Å². The summed E-state index contributed by atoms with van der Waals surface area (Å²) in [4.78, 5) is 16.5. The van der Waals surface area contributed by atoms with Crippen LogP contribution in [0.5, 0.6) is 0 Å². The van der Waals surface area contributed by atoms with Gasteiger partial charge in [-0.3, -0.25) is 4.79 Å². The molecule has 126 valence electrons. The van der Waals surface area contributed by atoms with Gasteiger partial charge in [0.05, 0.1) is 13.2 Å². The highest BCUT2D eigenvalue weighted by atomic mass is 35.5. The number of piperidine rings is 1. The largest absolute Gasteiger partial charge is 0.384 e. The summed E-state index contributed by atoms with van der Waals surface area (Å²) < 4.78 is 10.4. The first-order chi connectivity index (χ1) is 10.2. The fourth-order valence-electron chi connectivity index (χ4n) is 2.60. The second kappa shape index (κ2) is 9.42. The smallest absolute Gasteiger partial charge is 0.270 e. The Hall–Kier alpha value is -0.730. The molecule has 0 radical (unpaired) electrons. The van der Waals surface area contributed by atoms with Crippen molar-refractivity contribution in [3.63, 3.8) is 0 Å². The first-order valence-corrected chi connectivity index (χ1v) is 7.98. The molecule has 0 aromatic carbocycles. The molecule has 8 heteroatoms. The van der Waals surface area contributed by atoms with E-state index in [9.17, 15) is 4.79 Å². The van der Waals surface area contributed by atoms with Gasteiger partial charge in [0.25, 0.3) is 5.91 Å². The van der Waals surface area contributed by atoms with Crippen molar-refractivity contribution in [1.82, 2.24) is 15.6 Å². The molecule has 1 fully saturated rings. The number of halogens is 1. The molecule has 0 bridgehead atoms. The molecule has 2 heterocycles. The van der Waals surface area contributed by atoms with E-state index in [-0.39, 0.29) is 23.7 Å². The quantitative estimate of drug-likeness (QED) is 0.779. The van der Waals surface area contributed by atoms with Crippen molar-refractivity contribution >= 4 is 29.7 Å². The number of hydrogen-bond acceptors (Lipinski definition) is 6. The second-order valence-corrected chi connectivity index (χ2v) is 6.37.